The zero-order valence-corrected chi connectivity index (χ0v) is 12.3. The number of thiophene rings is 1. The monoisotopic (exact) mass is 301 g/mol. The van der Waals surface area contributed by atoms with Gasteiger partial charge in [-0.15, -0.1) is 11.3 Å². The van der Waals surface area contributed by atoms with Gasteiger partial charge in [-0.05, 0) is 13.3 Å². The van der Waals surface area contributed by atoms with Crippen LogP contribution in [-0.2, 0) is 9.47 Å². The Bertz CT molecular complexity index is 487. The summed E-state index contributed by atoms with van der Waals surface area (Å²) in [5, 5.41) is 3.54. The van der Waals surface area contributed by atoms with E-state index in [1.54, 1.807) is 14.0 Å². The molecule has 5 N–H and O–H groups in total. The number of amides is 1. The summed E-state index contributed by atoms with van der Waals surface area (Å²) < 4.78 is 9.88. The third kappa shape index (κ3) is 3.84. The molecule has 112 valence electrons. The molecule has 0 radical (unpaired) electrons. The van der Waals surface area contributed by atoms with Gasteiger partial charge in [-0.2, -0.15) is 0 Å². The zero-order valence-electron chi connectivity index (χ0n) is 11.5. The highest BCUT2D eigenvalue weighted by Gasteiger charge is 2.25. The van der Waals surface area contributed by atoms with Crippen molar-refractivity contribution in [2.75, 3.05) is 37.9 Å². The lowest BCUT2D eigenvalue weighted by atomic mass is 10.2. The van der Waals surface area contributed by atoms with Crippen LogP contribution >= 0.6 is 11.3 Å². The largest absolute Gasteiger partial charge is 0.462 e. The maximum Gasteiger partial charge on any atom is 0.343 e. The second kappa shape index (κ2) is 7.71. The number of carbonyl (C=O) groups excluding carboxylic acids is 2. The molecule has 1 rings (SSSR count). The maximum atomic E-state index is 11.9. The van der Waals surface area contributed by atoms with Crippen LogP contribution in [0.1, 0.15) is 33.4 Å². The molecular weight excluding hydrogens is 282 g/mol. The van der Waals surface area contributed by atoms with Gasteiger partial charge in [0, 0.05) is 20.3 Å². The lowest BCUT2D eigenvalue weighted by Gasteiger charge is -2.07. The number of methoxy groups -OCH3 is 1. The molecule has 0 aliphatic heterocycles. The molecule has 0 unspecified atom stereocenters. The van der Waals surface area contributed by atoms with Crippen molar-refractivity contribution in [3.05, 3.63) is 10.4 Å². The SMILES string of the molecule is CCOC(=O)c1c(NCCCOC)sc(C(N)=O)c1N. The van der Waals surface area contributed by atoms with E-state index in [-0.39, 0.29) is 22.7 Å². The van der Waals surface area contributed by atoms with E-state index in [4.69, 9.17) is 20.9 Å². The minimum Gasteiger partial charge on any atom is -0.462 e. The summed E-state index contributed by atoms with van der Waals surface area (Å²) in [5.41, 5.74) is 11.3. The standard InChI is InChI=1S/C12H19N3O4S/c1-3-19-12(17)7-8(13)9(10(14)16)20-11(7)15-5-4-6-18-2/h15H,3-6,13H2,1-2H3,(H2,14,16). The lowest BCUT2D eigenvalue weighted by Crippen LogP contribution is -2.13. The van der Waals surface area contributed by atoms with Crippen LogP contribution in [-0.4, -0.2) is 38.7 Å². The smallest absolute Gasteiger partial charge is 0.343 e. The number of anilines is 2. The highest BCUT2D eigenvalue weighted by atomic mass is 32.1. The topological polar surface area (TPSA) is 117 Å². The number of nitrogen functional groups attached to an aromatic ring is 1. The van der Waals surface area contributed by atoms with Crippen LogP contribution in [0, 0.1) is 0 Å². The average molecular weight is 301 g/mol. The van der Waals surface area contributed by atoms with E-state index in [9.17, 15) is 9.59 Å². The predicted octanol–water partition coefficient (Wildman–Crippen LogP) is 1.05. The molecule has 0 bridgehead atoms. The summed E-state index contributed by atoms with van der Waals surface area (Å²) >= 11 is 1.05. The fraction of sp³-hybridized carbons (Fsp3) is 0.500. The van der Waals surface area contributed by atoms with Crippen LogP contribution in [0.5, 0.6) is 0 Å². The molecule has 7 nitrogen and oxygen atoms in total. The van der Waals surface area contributed by atoms with Crippen molar-refractivity contribution >= 4 is 33.9 Å². The first-order valence-electron chi connectivity index (χ1n) is 6.14. The molecule has 0 aliphatic rings. The molecule has 0 saturated heterocycles. The molecule has 1 aromatic rings. The number of hydrogen-bond donors (Lipinski definition) is 3. The number of ether oxygens (including phenoxy) is 2. The Labute approximate surface area is 121 Å². The molecule has 0 spiro atoms. The summed E-state index contributed by atoms with van der Waals surface area (Å²) in [4.78, 5) is 23.4. The number of rotatable bonds is 8. The van der Waals surface area contributed by atoms with Crippen molar-refractivity contribution in [2.45, 2.75) is 13.3 Å². The molecule has 20 heavy (non-hydrogen) atoms. The highest BCUT2D eigenvalue weighted by molar-refractivity contribution is 7.19. The number of esters is 1. The minimum atomic E-state index is -0.664. The summed E-state index contributed by atoms with van der Waals surface area (Å²) in [6, 6.07) is 0. The van der Waals surface area contributed by atoms with Gasteiger partial charge in [-0.3, -0.25) is 4.79 Å². The molecule has 1 heterocycles. The van der Waals surface area contributed by atoms with Crippen LogP contribution in [0.15, 0.2) is 0 Å². The minimum absolute atomic E-state index is 0.0650. The first-order chi connectivity index (χ1) is 9.52. The molecular formula is C12H19N3O4S. The van der Waals surface area contributed by atoms with E-state index in [1.807, 2.05) is 0 Å². The van der Waals surface area contributed by atoms with Crippen molar-refractivity contribution in [1.82, 2.24) is 0 Å². The van der Waals surface area contributed by atoms with E-state index in [0.29, 0.717) is 18.2 Å². The zero-order chi connectivity index (χ0) is 15.1. The molecule has 0 saturated carbocycles. The average Bonchev–Trinajstić information content (AvgIpc) is 2.72. The fourth-order valence-electron chi connectivity index (χ4n) is 1.58. The molecule has 1 amide bonds. The van der Waals surface area contributed by atoms with Crippen molar-refractivity contribution in [1.29, 1.82) is 0 Å². The van der Waals surface area contributed by atoms with Gasteiger partial charge in [-0.25, -0.2) is 4.79 Å². The van der Waals surface area contributed by atoms with Crippen LogP contribution in [0.3, 0.4) is 0 Å². The summed E-state index contributed by atoms with van der Waals surface area (Å²) in [7, 11) is 1.61. The van der Waals surface area contributed by atoms with Gasteiger partial charge in [0.25, 0.3) is 5.91 Å². The molecule has 0 fully saturated rings. The Morgan fingerprint density at radius 1 is 1.40 bits per heavy atom. The number of primary amides is 1. The van der Waals surface area contributed by atoms with Gasteiger partial charge < -0.3 is 26.3 Å². The van der Waals surface area contributed by atoms with Crippen molar-refractivity contribution < 1.29 is 19.1 Å². The van der Waals surface area contributed by atoms with Crippen LogP contribution in [0.4, 0.5) is 10.7 Å². The molecule has 0 atom stereocenters. The van der Waals surface area contributed by atoms with Gasteiger partial charge >= 0.3 is 5.97 Å². The summed E-state index contributed by atoms with van der Waals surface area (Å²) in [6.45, 7) is 3.09. The molecule has 0 aliphatic carbocycles. The molecule has 1 aromatic heterocycles. The molecule has 0 aromatic carbocycles. The first kappa shape index (κ1) is 16.3. The van der Waals surface area contributed by atoms with E-state index >= 15 is 0 Å². The van der Waals surface area contributed by atoms with Crippen LogP contribution in [0.25, 0.3) is 0 Å². The van der Waals surface area contributed by atoms with Crippen molar-refractivity contribution in [3.8, 4) is 0 Å². The van der Waals surface area contributed by atoms with Gasteiger partial charge in [0.2, 0.25) is 0 Å². The van der Waals surface area contributed by atoms with E-state index < -0.39 is 11.9 Å². The Kier molecular flexibility index (Phi) is 6.26. The third-order valence-electron chi connectivity index (χ3n) is 2.46. The Hall–Kier alpha value is -1.80. The second-order valence-electron chi connectivity index (χ2n) is 3.91. The van der Waals surface area contributed by atoms with Gasteiger partial charge in [0.1, 0.15) is 15.4 Å². The van der Waals surface area contributed by atoms with Crippen LogP contribution < -0.4 is 16.8 Å². The number of carbonyl (C=O) groups is 2. The maximum absolute atomic E-state index is 11.9. The summed E-state index contributed by atoms with van der Waals surface area (Å²) in [5.74, 6) is -1.23. The van der Waals surface area contributed by atoms with E-state index in [1.165, 1.54) is 0 Å². The lowest BCUT2D eigenvalue weighted by molar-refractivity contribution is 0.0529. The fourth-order valence-corrected chi connectivity index (χ4v) is 2.56. The predicted molar refractivity (Wildman–Crippen MR) is 78.2 cm³/mol. The van der Waals surface area contributed by atoms with Crippen molar-refractivity contribution in [3.63, 3.8) is 0 Å². The number of nitrogens with two attached hydrogens (primary N) is 2. The van der Waals surface area contributed by atoms with Gasteiger partial charge in [0.05, 0.1) is 12.3 Å². The Morgan fingerprint density at radius 2 is 2.10 bits per heavy atom. The number of nitrogens with one attached hydrogen (secondary N) is 1. The van der Waals surface area contributed by atoms with Gasteiger partial charge in [-0.1, -0.05) is 0 Å². The van der Waals surface area contributed by atoms with Crippen LogP contribution in [0.2, 0.25) is 0 Å². The first-order valence-corrected chi connectivity index (χ1v) is 6.96. The van der Waals surface area contributed by atoms with E-state index in [2.05, 4.69) is 5.32 Å². The Balaban J connectivity index is 2.98. The van der Waals surface area contributed by atoms with Crippen molar-refractivity contribution in [2.24, 2.45) is 5.73 Å². The highest BCUT2D eigenvalue weighted by Crippen LogP contribution is 2.36. The third-order valence-corrected chi connectivity index (χ3v) is 3.64. The number of hydrogen-bond acceptors (Lipinski definition) is 7. The summed E-state index contributed by atoms with van der Waals surface area (Å²) in [6.07, 6.45) is 0.752. The van der Waals surface area contributed by atoms with Gasteiger partial charge in [0.15, 0.2) is 0 Å². The second-order valence-corrected chi connectivity index (χ2v) is 4.93. The quantitative estimate of drug-likeness (QED) is 0.488. The normalized spacial score (nSPS) is 10.3. The molecule has 8 heteroatoms. The Morgan fingerprint density at radius 3 is 2.65 bits per heavy atom. The van der Waals surface area contributed by atoms with E-state index in [0.717, 1.165) is 17.8 Å².